The Bertz CT molecular complexity index is 1430. The number of likely N-dealkylation sites (tertiary alicyclic amines) is 2. The maximum Gasteiger partial charge on any atom is 0.411 e. The third-order valence-electron chi connectivity index (χ3n) is 7.78. The monoisotopic (exact) mass is 626 g/mol. The van der Waals surface area contributed by atoms with Gasteiger partial charge in [-0.05, 0) is 84.1 Å². The molecule has 1 aromatic heterocycles. The lowest BCUT2D eigenvalue weighted by Crippen LogP contribution is -2.51. The average Bonchev–Trinajstić information content (AvgIpc) is 3.71. The number of hydrogen-bond acceptors (Lipinski definition) is 8. The SMILES string of the molecule is Cc1cc2cc(NC(=N[C@H]3CCCCN(CC(=O)N4CCCC4)C3=O)NC(=O)[C@H]3CSCN3C(=O)OC(C)(C)C)ccc2o1. The van der Waals surface area contributed by atoms with Crippen LogP contribution in [0.1, 0.15) is 58.6 Å². The lowest BCUT2D eigenvalue weighted by Gasteiger charge is -2.28. The number of hydrogen-bond donors (Lipinski definition) is 2. The van der Waals surface area contributed by atoms with Gasteiger partial charge in [0, 0.05) is 36.5 Å². The molecule has 13 heteroatoms. The highest BCUT2D eigenvalue weighted by Gasteiger charge is 2.38. The van der Waals surface area contributed by atoms with E-state index in [9.17, 15) is 19.2 Å². The Balaban J connectivity index is 1.38. The number of anilines is 1. The number of carbonyl (C=O) groups excluding carboxylic acids is 4. The summed E-state index contributed by atoms with van der Waals surface area (Å²) in [6.07, 6.45) is 3.40. The van der Waals surface area contributed by atoms with Gasteiger partial charge >= 0.3 is 6.09 Å². The molecule has 1 aromatic carbocycles. The molecule has 2 atom stereocenters. The molecule has 3 aliphatic heterocycles. The maximum absolute atomic E-state index is 13.7. The Morgan fingerprint density at radius 3 is 2.59 bits per heavy atom. The van der Waals surface area contributed by atoms with Crippen molar-refractivity contribution in [1.29, 1.82) is 0 Å². The molecule has 0 unspecified atom stereocenters. The summed E-state index contributed by atoms with van der Waals surface area (Å²) in [6.45, 7) is 9.17. The van der Waals surface area contributed by atoms with Gasteiger partial charge < -0.3 is 24.3 Å². The number of amides is 4. The van der Waals surface area contributed by atoms with Gasteiger partial charge in [0.15, 0.2) is 0 Å². The van der Waals surface area contributed by atoms with Gasteiger partial charge in [0.1, 0.15) is 29.0 Å². The number of fused-ring (bicyclic) bond motifs is 1. The number of carbonyl (C=O) groups is 4. The fourth-order valence-corrected chi connectivity index (χ4v) is 6.74. The molecular weight excluding hydrogens is 584 g/mol. The van der Waals surface area contributed by atoms with E-state index >= 15 is 0 Å². The Labute approximate surface area is 261 Å². The van der Waals surface area contributed by atoms with Crippen LogP contribution in [0.3, 0.4) is 0 Å². The van der Waals surface area contributed by atoms with Crippen molar-refractivity contribution in [3.8, 4) is 0 Å². The number of rotatable bonds is 5. The van der Waals surface area contributed by atoms with Crippen molar-refractivity contribution in [2.45, 2.75) is 77.5 Å². The highest BCUT2D eigenvalue weighted by atomic mass is 32.2. The van der Waals surface area contributed by atoms with Crippen LogP contribution < -0.4 is 10.6 Å². The van der Waals surface area contributed by atoms with Crippen molar-refractivity contribution in [3.63, 3.8) is 0 Å². The van der Waals surface area contributed by atoms with Crippen LogP contribution in [0.25, 0.3) is 11.0 Å². The normalized spacial score (nSPS) is 21.5. The van der Waals surface area contributed by atoms with Crippen molar-refractivity contribution >= 4 is 58.2 Å². The first-order valence-corrected chi connectivity index (χ1v) is 16.4. The van der Waals surface area contributed by atoms with Crippen LogP contribution in [0.15, 0.2) is 33.7 Å². The quantitative estimate of drug-likeness (QED) is 0.376. The molecule has 2 N–H and O–H groups in total. The molecule has 0 aliphatic carbocycles. The molecule has 4 amide bonds. The summed E-state index contributed by atoms with van der Waals surface area (Å²) in [5, 5.41) is 6.93. The molecule has 0 radical (unpaired) electrons. The van der Waals surface area contributed by atoms with Crippen molar-refractivity contribution in [2.75, 3.05) is 43.1 Å². The molecule has 0 saturated carbocycles. The zero-order chi connectivity index (χ0) is 31.4. The summed E-state index contributed by atoms with van der Waals surface area (Å²) >= 11 is 1.46. The minimum atomic E-state index is -0.786. The number of aryl methyl sites for hydroxylation is 1. The summed E-state index contributed by atoms with van der Waals surface area (Å²) in [4.78, 5) is 62.7. The first kappa shape index (κ1) is 31.7. The summed E-state index contributed by atoms with van der Waals surface area (Å²) in [5.41, 5.74) is 0.666. The van der Waals surface area contributed by atoms with Gasteiger partial charge in [-0.15, -0.1) is 11.8 Å². The number of guanidine groups is 1. The van der Waals surface area contributed by atoms with Gasteiger partial charge in [-0.1, -0.05) is 0 Å². The number of thioether (sulfide) groups is 1. The number of aliphatic imine (C=N–C) groups is 1. The van der Waals surface area contributed by atoms with Crippen LogP contribution in [0.4, 0.5) is 10.5 Å². The number of furan rings is 1. The van der Waals surface area contributed by atoms with Crippen LogP contribution >= 0.6 is 11.8 Å². The molecule has 4 heterocycles. The number of nitrogens with zero attached hydrogens (tertiary/aromatic N) is 4. The maximum atomic E-state index is 13.7. The molecule has 238 valence electrons. The number of nitrogens with one attached hydrogen (secondary N) is 2. The molecule has 12 nitrogen and oxygen atoms in total. The second kappa shape index (κ2) is 13.5. The summed E-state index contributed by atoms with van der Waals surface area (Å²) in [5.74, 6) is 0.870. The standard InChI is InChI=1S/C31H42N6O6S/c1-20-15-21-16-22(10-11-25(21)42-20)32-29(34-27(39)24-18-44-19-37(24)30(41)43-31(2,3)4)33-23-9-5-6-14-36(28(23)40)17-26(38)35-12-7-8-13-35/h10-11,15-16,23-24H,5-9,12-14,17-19H2,1-4H3,(H2,32,33,34,39)/t23-,24+/m0/s1. The molecule has 0 spiro atoms. The van der Waals surface area contributed by atoms with E-state index in [1.165, 1.54) is 16.7 Å². The summed E-state index contributed by atoms with van der Waals surface area (Å²) in [6, 6.07) is 5.86. The van der Waals surface area contributed by atoms with E-state index in [-0.39, 0.29) is 24.3 Å². The molecule has 3 aliphatic rings. The molecule has 2 aromatic rings. The van der Waals surface area contributed by atoms with Gasteiger partial charge in [0.25, 0.3) is 0 Å². The van der Waals surface area contributed by atoms with E-state index in [1.807, 2.05) is 30.0 Å². The summed E-state index contributed by atoms with van der Waals surface area (Å²) in [7, 11) is 0. The molecule has 0 bridgehead atoms. The molecule has 3 saturated heterocycles. The largest absolute Gasteiger partial charge is 0.461 e. The molecular formula is C31H42N6O6S. The molecule has 44 heavy (non-hydrogen) atoms. The minimum absolute atomic E-state index is 0.0284. The van der Waals surface area contributed by atoms with E-state index in [0.29, 0.717) is 30.3 Å². The predicted molar refractivity (Wildman–Crippen MR) is 169 cm³/mol. The smallest absolute Gasteiger partial charge is 0.411 e. The minimum Gasteiger partial charge on any atom is -0.461 e. The van der Waals surface area contributed by atoms with Crippen LogP contribution in [0.5, 0.6) is 0 Å². The van der Waals surface area contributed by atoms with Gasteiger partial charge in [-0.25, -0.2) is 9.79 Å². The molecule has 5 rings (SSSR count). The Hall–Kier alpha value is -3.74. The first-order valence-electron chi connectivity index (χ1n) is 15.3. The predicted octanol–water partition coefficient (Wildman–Crippen LogP) is 3.94. The fraction of sp³-hybridized carbons (Fsp3) is 0.581. The number of benzene rings is 1. The second-order valence-electron chi connectivity index (χ2n) is 12.5. The van der Waals surface area contributed by atoms with Crippen molar-refractivity contribution in [3.05, 3.63) is 30.0 Å². The second-order valence-corrected chi connectivity index (χ2v) is 13.5. The van der Waals surface area contributed by atoms with E-state index in [4.69, 9.17) is 14.1 Å². The Kier molecular flexibility index (Phi) is 9.72. The van der Waals surface area contributed by atoms with Crippen LogP contribution in [0.2, 0.25) is 0 Å². The van der Waals surface area contributed by atoms with E-state index in [1.54, 1.807) is 31.7 Å². The summed E-state index contributed by atoms with van der Waals surface area (Å²) < 4.78 is 11.2. The third-order valence-corrected chi connectivity index (χ3v) is 8.79. The van der Waals surface area contributed by atoms with Crippen molar-refractivity contribution in [1.82, 2.24) is 20.0 Å². The lowest BCUT2D eigenvalue weighted by atomic mass is 10.1. The van der Waals surface area contributed by atoms with E-state index in [0.717, 1.165) is 55.5 Å². The van der Waals surface area contributed by atoms with Gasteiger partial charge in [0.2, 0.25) is 23.7 Å². The van der Waals surface area contributed by atoms with Crippen LogP contribution in [-0.4, -0.2) is 100.0 Å². The highest BCUT2D eigenvalue weighted by molar-refractivity contribution is 7.99. The highest BCUT2D eigenvalue weighted by Crippen LogP contribution is 2.25. The van der Waals surface area contributed by atoms with Crippen LogP contribution in [0, 0.1) is 6.92 Å². The number of ether oxygens (including phenoxy) is 1. The lowest BCUT2D eigenvalue weighted by molar-refractivity contribution is -0.140. The van der Waals surface area contributed by atoms with Gasteiger partial charge in [-0.2, -0.15) is 0 Å². The zero-order valence-electron chi connectivity index (χ0n) is 25.9. The van der Waals surface area contributed by atoms with Gasteiger partial charge in [-0.3, -0.25) is 24.6 Å². The third kappa shape index (κ3) is 7.85. The average molecular weight is 627 g/mol. The Morgan fingerprint density at radius 1 is 1.09 bits per heavy atom. The van der Waals surface area contributed by atoms with E-state index < -0.39 is 29.7 Å². The zero-order valence-corrected chi connectivity index (χ0v) is 26.7. The van der Waals surface area contributed by atoms with Crippen molar-refractivity contribution < 1.29 is 28.3 Å². The van der Waals surface area contributed by atoms with E-state index in [2.05, 4.69) is 10.6 Å². The first-order chi connectivity index (χ1) is 21.0. The topological polar surface area (TPSA) is 137 Å². The fourth-order valence-electron chi connectivity index (χ4n) is 5.59. The van der Waals surface area contributed by atoms with Crippen LogP contribution in [-0.2, 0) is 19.1 Å². The van der Waals surface area contributed by atoms with Crippen molar-refractivity contribution in [2.24, 2.45) is 4.99 Å². The Morgan fingerprint density at radius 2 is 1.84 bits per heavy atom. The molecule has 3 fully saturated rings. The van der Waals surface area contributed by atoms with Gasteiger partial charge in [0.05, 0.1) is 12.4 Å².